The van der Waals surface area contributed by atoms with Crippen LogP contribution in [0, 0.1) is 0 Å². The van der Waals surface area contributed by atoms with E-state index in [1.54, 1.807) is 0 Å². The Morgan fingerprint density at radius 1 is 1.35 bits per heavy atom. The van der Waals surface area contributed by atoms with Gasteiger partial charge in [-0.15, -0.1) is 0 Å². The molecule has 1 aromatic carbocycles. The Morgan fingerprint density at radius 2 is 2.05 bits per heavy atom. The molecular weight excluding hydrogens is 270 g/mol. The highest BCUT2D eigenvalue weighted by atomic mass is 32.2. The Labute approximate surface area is 124 Å². The van der Waals surface area contributed by atoms with Crippen LogP contribution in [0.5, 0.6) is 5.75 Å². The second kappa shape index (κ2) is 6.27. The van der Waals surface area contributed by atoms with Crippen molar-refractivity contribution in [3.8, 4) is 5.75 Å². The van der Waals surface area contributed by atoms with Gasteiger partial charge in [0.05, 0.1) is 11.3 Å². The van der Waals surface area contributed by atoms with Crippen molar-refractivity contribution < 1.29 is 8.95 Å². The molecule has 1 N–H and O–H groups in total. The predicted molar refractivity (Wildman–Crippen MR) is 84.7 cm³/mol. The molecule has 1 heterocycles. The second-order valence-corrected chi connectivity index (χ2v) is 8.65. The van der Waals surface area contributed by atoms with E-state index in [2.05, 4.69) is 18.3 Å². The fourth-order valence-electron chi connectivity index (χ4n) is 2.52. The van der Waals surface area contributed by atoms with Crippen LogP contribution >= 0.6 is 0 Å². The largest absolute Gasteiger partial charge is 0.492 e. The summed E-state index contributed by atoms with van der Waals surface area (Å²) >= 11 is 0. The molecule has 1 aromatic rings. The normalized spacial score (nSPS) is 23.8. The van der Waals surface area contributed by atoms with E-state index in [-0.39, 0.29) is 16.0 Å². The van der Waals surface area contributed by atoms with Crippen LogP contribution in [0.2, 0.25) is 0 Å². The van der Waals surface area contributed by atoms with Crippen molar-refractivity contribution in [2.24, 2.45) is 0 Å². The fraction of sp³-hybridized carbons (Fsp3) is 0.625. The SMILES string of the molecule is CCCNC1c2ccccc2OCC1S(=O)C(C)(C)C. The van der Waals surface area contributed by atoms with Crippen molar-refractivity contribution in [1.82, 2.24) is 5.32 Å². The molecular formula is C16H25NO2S. The number of fused-ring (bicyclic) bond motifs is 1. The molecule has 1 aliphatic heterocycles. The average Bonchev–Trinajstić information content (AvgIpc) is 2.42. The quantitative estimate of drug-likeness (QED) is 0.928. The van der Waals surface area contributed by atoms with Gasteiger partial charge in [0, 0.05) is 21.1 Å². The second-order valence-electron chi connectivity index (χ2n) is 6.23. The fourth-order valence-corrected chi connectivity index (χ4v) is 4.11. The zero-order valence-corrected chi connectivity index (χ0v) is 13.6. The minimum atomic E-state index is -0.952. The molecule has 0 bridgehead atoms. The Morgan fingerprint density at radius 3 is 2.70 bits per heavy atom. The van der Waals surface area contributed by atoms with Gasteiger partial charge in [-0.25, -0.2) is 0 Å². The first-order chi connectivity index (χ1) is 9.45. The summed E-state index contributed by atoms with van der Waals surface area (Å²) in [6.07, 6.45) is 1.06. The van der Waals surface area contributed by atoms with Gasteiger partial charge >= 0.3 is 0 Å². The van der Waals surface area contributed by atoms with Crippen molar-refractivity contribution >= 4 is 10.8 Å². The molecule has 0 saturated carbocycles. The Balaban J connectivity index is 2.31. The van der Waals surface area contributed by atoms with Gasteiger partial charge in [-0.1, -0.05) is 25.1 Å². The monoisotopic (exact) mass is 295 g/mol. The average molecular weight is 295 g/mol. The zero-order chi connectivity index (χ0) is 14.8. The summed E-state index contributed by atoms with van der Waals surface area (Å²) in [6.45, 7) is 9.68. The van der Waals surface area contributed by atoms with E-state index >= 15 is 0 Å². The first kappa shape index (κ1) is 15.5. The smallest absolute Gasteiger partial charge is 0.124 e. The van der Waals surface area contributed by atoms with Gasteiger partial charge in [-0.3, -0.25) is 4.21 Å². The molecule has 2 rings (SSSR count). The third kappa shape index (κ3) is 3.23. The Bertz CT molecular complexity index is 482. The Kier molecular flexibility index (Phi) is 4.86. The van der Waals surface area contributed by atoms with E-state index in [1.165, 1.54) is 0 Å². The standard InChI is InChI=1S/C16H25NO2S/c1-5-10-17-15-12-8-6-7-9-13(12)19-11-14(15)20(18)16(2,3)4/h6-9,14-15,17H,5,10-11H2,1-4H3. The molecule has 3 unspecified atom stereocenters. The third-order valence-electron chi connectivity index (χ3n) is 3.52. The molecule has 0 aromatic heterocycles. The van der Waals surface area contributed by atoms with Gasteiger partial charge in [-0.2, -0.15) is 0 Å². The van der Waals surface area contributed by atoms with Crippen LogP contribution in [0.15, 0.2) is 24.3 Å². The molecule has 4 heteroatoms. The molecule has 0 aliphatic carbocycles. The molecule has 3 nitrogen and oxygen atoms in total. The number of hydrogen-bond acceptors (Lipinski definition) is 3. The maximum absolute atomic E-state index is 12.8. The van der Waals surface area contributed by atoms with Crippen molar-refractivity contribution in [2.45, 2.75) is 50.2 Å². The molecule has 0 amide bonds. The van der Waals surface area contributed by atoms with Crippen LogP contribution in [-0.4, -0.2) is 27.4 Å². The van der Waals surface area contributed by atoms with Crippen LogP contribution in [0.3, 0.4) is 0 Å². The van der Waals surface area contributed by atoms with Crippen LogP contribution in [0.1, 0.15) is 45.7 Å². The molecule has 0 saturated heterocycles. The van der Waals surface area contributed by atoms with Gasteiger partial charge < -0.3 is 10.1 Å². The van der Waals surface area contributed by atoms with Crippen molar-refractivity contribution in [1.29, 1.82) is 0 Å². The lowest BCUT2D eigenvalue weighted by atomic mass is 10.00. The highest BCUT2D eigenvalue weighted by Crippen LogP contribution is 2.36. The lowest BCUT2D eigenvalue weighted by molar-refractivity contribution is 0.256. The number of rotatable bonds is 4. The summed E-state index contributed by atoms with van der Waals surface area (Å²) in [5.74, 6) is 0.920. The van der Waals surface area contributed by atoms with Gasteiger partial charge in [0.2, 0.25) is 0 Å². The summed E-state index contributed by atoms with van der Waals surface area (Å²) in [5.41, 5.74) is 1.13. The van der Waals surface area contributed by atoms with E-state index in [0.717, 1.165) is 24.3 Å². The number of ether oxygens (including phenoxy) is 1. The van der Waals surface area contributed by atoms with Crippen molar-refractivity contribution in [3.05, 3.63) is 29.8 Å². The van der Waals surface area contributed by atoms with Gasteiger partial charge in [-0.05, 0) is 39.8 Å². The van der Waals surface area contributed by atoms with Crippen LogP contribution in [-0.2, 0) is 10.8 Å². The summed E-state index contributed by atoms with van der Waals surface area (Å²) in [6, 6.07) is 8.18. The third-order valence-corrected chi connectivity index (χ3v) is 5.69. The topological polar surface area (TPSA) is 38.3 Å². The first-order valence-corrected chi connectivity index (χ1v) is 8.52. The van der Waals surface area contributed by atoms with Gasteiger partial charge in [0.15, 0.2) is 0 Å². The van der Waals surface area contributed by atoms with Crippen molar-refractivity contribution in [3.63, 3.8) is 0 Å². The highest BCUT2D eigenvalue weighted by molar-refractivity contribution is 7.87. The summed E-state index contributed by atoms with van der Waals surface area (Å²) in [7, 11) is -0.952. The summed E-state index contributed by atoms with van der Waals surface area (Å²) < 4.78 is 18.4. The van der Waals surface area contributed by atoms with Crippen LogP contribution in [0.25, 0.3) is 0 Å². The van der Waals surface area contributed by atoms with Crippen LogP contribution in [0.4, 0.5) is 0 Å². The molecule has 0 fully saturated rings. The number of hydrogen-bond donors (Lipinski definition) is 1. The number of benzene rings is 1. The molecule has 0 spiro atoms. The molecule has 20 heavy (non-hydrogen) atoms. The van der Waals surface area contributed by atoms with E-state index < -0.39 is 10.8 Å². The molecule has 112 valence electrons. The zero-order valence-electron chi connectivity index (χ0n) is 12.8. The summed E-state index contributed by atoms with van der Waals surface area (Å²) in [5, 5.41) is 3.55. The van der Waals surface area contributed by atoms with E-state index in [0.29, 0.717) is 6.61 Å². The molecule has 0 radical (unpaired) electrons. The van der Waals surface area contributed by atoms with E-state index in [4.69, 9.17) is 4.74 Å². The van der Waals surface area contributed by atoms with Crippen molar-refractivity contribution in [2.75, 3.05) is 13.2 Å². The molecule has 3 atom stereocenters. The lowest BCUT2D eigenvalue weighted by Crippen LogP contribution is -2.46. The first-order valence-electron chi connectivity index (χ1n) is 7.31. The molecule has 1 aliphatic rings. The lowest BCUT2D eigenvalue weighted by Gasteiger charge is -2.36. The predicted octanol–water partition coefficient (Wildman–Crippen LogP) is 3.04. The minimum Gasteiger partial charge on any atom is -0.492 e. The minimum absolute atomic E-state index is 0.00329. The van der Waals surface area contributed by atoms with E-state index in [9.17, 15) is 4.21 Å². The van der Waals surface area contributed by atoms with E-state index in [1.807, 2.05) is 39.0 Å². The van der Waals surface area contributed by atoms with Crippen LogP contribution < -0.4 is 10.1 Å². The van der Waals surface area contributed by atoms with Gasteiger partial charge in [0.1, 0.15) is 12.4 Å². The highest BCUT2D eigenvalue weighted by Gasteiger charge is 2.38. The van der Waals surface area contributed by atoms with Gasteiger partial charge in [0.25, 0.3) is 0 Å². The Hall–Kier alpha value is -0.870. The number of nitrogens with one attached hydrogen (secondary N) is 1. The number of para-hydroxylation sites is 1. The maximum atomic E-state index is 12.8. The maximum Gasteiger partial charge on any atom is 0.124 e. The summed E-state index contributed by atoms with van der Waals surface area (Å²) in [4.78, 5) is 0.